The van der Waals surface area contributed by atoms with Crippen molar-refractivity contribution in [2.24, 2.45) is 0 Å². The maximum Gasteiger partial charge on any atom is 0.335 e. The van der Waals surface area contributed by atoms with Gasteiger partial charge in [0.25, 0.3) is 0 Å². The van der Waals surface area contributed by atoms with Crippen LogP contribution < -0.4 is 0 Å². The highest BCUT2D eigenvalue weighted by Gasteiger charge is 2.05. The molecule has 86 valence electrons. The average molecular weight is 221 g/mol. The lowest BCUT2D eigenvalue weighted by atomic mass is 10.1. The molecular formula is C12H15NO3. The van der Waals surface area contributed by atoms with Gasteiger partial charge < -0.3 is 10.0 Å². The summed E-state index contributed by atoms with van der Waals surface area (Å²) in [5.74, 6) is -0.863. The third-order valence-corrected chi connectivity index (χ3v) is 2.33. The smallest absolute Gasteiger partial charge is 0.335 e. The average Bonchev–Trinajstić information content (AvgIpc) is 2.26. The minimum Gasteiger partial charge on any atom is -0.478 e. The molecule has 1 aromatic rings. The van der Waals surface area contributed by atoms with E-state index in [4.69, 9.17) is 5.11 Å². The van der Waals surface area contributed by atoms with E-state index in [-0.39, 0.29) is 11.5 Å². The number of benzene rings is 1. The lowest BCUT2D eigenvalue weighted by molar-refractivity contribution is -0.128. The number of carboxylic acid groups (broad SMARTS) is 1. The van der Waals surface area contributed by atoms with Crippen molar-refractivity contribution >= 4 is 11.9 Å². The first-order valence-corrected chi connectivity index (χ1v) is 5.03. The SMILES string of the molecule is CN(C)C(=O)CCc1ccc(C(=O)O)cc1. The molecule has 1 rings (SSSR count). The highest BCUT2D eigenvalue weighted by atomic mass is 16.4. The van der Waals surface area contributed by atoms with Gasteiger partial charge in [-0.3, -0.25) is 4.79 Å². The molecule has 4 heteroatoms. The van der Waals surface area contributed by atoms with Crippen molar-refractivity contribution in [3.8, 4) is 0 Å². The van der Waals surface area contributed by atoms with Crippen molar-refractivity contribution in [3.63, 3.8) is 0 Å². The molecule has 0 aliphatic carbocycles. The Morgan fingerprint density at radius 1 is 1.19 bits per heavy atom. The summed E-state index contributed by atoms with van der Waals surface area (Å²) in [5, 5.41) is 8.71. The van der Waals surface area contributed by atoms with Gasteiger partial charge in [0.2, 0.25) is 5.91 Å². The Hall–Kier alpha value is -1.84. The predicted molar refractivity (Wildman–Crippen MR) is 60.4 cm³/mol. The van der Waals surface area contributed by atoms with E-state index in [2.05, 4.69) is 0 Å². The van der Waals surface area contributed by atoms with Crippen LogP contribution in [0.25, 0.3) is 0 Å². The Bertz CT molecular complexity index is 382. The number of carbonyl (C=O) groups is 2. The molecule has 1 N–H and O–H groups in total. The van der Waals surface area contributed by atoms with Crippen LogP contribution in [0, 0.1) is 0 Å². The van der Waals surface area contributed by atoms with Crippen molar-refractivity contribution in [2.45, 2.75) is 12.8 Å². The summed E-state index contributed by atoms with van der Waals surface area (Å²) < 4.78 is 0. The number of hydrogen-bond acceptors (Lipinski definition) is 2. The summed E-state index contributed by atoms with van der Waals surface area (Å²) in [7, 11) is 3.44. The van der Waals surface area contributed by atoms with Crippen LogP contribution in [0.1, 0.15) is 22.3 Å². The fraction of sp³-hybridized carbons (Fsp3) is 0.333. The Labute approximate surface area is 94.5 Å². The van der Waals surface area contributed by atoms with Gasteiger partial charge in [-0.25, -0.2) is 4.79 Å². The van der Waals surface area contributed by atoms with Crippen LogP contribution in [-0.4, -0.2) is 36.0 Å². The molecule has 1 aromatic carbocycles. The molecule has 0 bridgehead atoms. The minimum atomic E-state index is -0.934. The number of nitrogens with zero attached hydrogens (tertiary/aromatic N) is 1. The molecule has 0 aliphatic rings. The second-order valence-electron chi connectivity index (χ2n) is 3.79. The number of hydrogen-bond donors (Lipinski definition) is 1. The molecular weight excluding hydrogens is 206 g/mol. The van der Waals surface area contributed by atoms with Crippen LogP contribution in [-0.2, 0) is 11.2 Å². The fourth-order valence-electron chi connectivity index (χ4n) is 1.29. The first-order valence-electron chi connectivity index (χ1n) is 5.03. The van der Waals surface area contributed by atoms with Crippen LogP contribution in [0.5, 0.6) is 0 Å². The Kier molecular flexibility index (Phi) is 4.05. The van der Waals surface area contributed by atoms with E-state index in [0.29, 0.717) is 12.8 Å². The number of amides is 1. The standard InChI is InChI=1S/C12H15NO3/c1-13(2)11(14)8-5-9-3-6-10(7-4-9)12(15)16/h3-4,6-7H,5,8H2,1-2H3,(H,15,16). The van der Waals surface area contributed by atoms with Gasteiger partial charge in [0.05, 0.1) is 5.56 Å². The van der Waals surface area contributed by atoms with Gasteiger partial charge in [-0.1, -0.05) is 12.1 Å². The molecule has 0 aliphatic heterocycles. The maximum absolute atomic E-state index is 11.3. The second kappa shape index (κ2) is 5.30. The summed E-state index contributed by atoms with van der Waals surface area (Å²) in [6.45, 7) is 0. The Morgan fingerprint density at radius 2 is 1.75 bits per heavy atom. The molecule has 0 saturated carbocycles. The number of carboxylic acids is 1. The lowest BCUT2D eigenvalue weighted by Crippen LogP contribution is -2.21. The monoisotopic (exact) mass is 221 g/mol. The van der Waals surface area contributed by atoms with E-state index < -0.39 is 5.97 Å². The second-order valence-corrected chi connectivity index (χ2v) is 3.79. The van der Waals surface area contributed by atoms with Crippen molar-refractivity contribution in [1.29, 1.82) is 0 Å². The van der Waals surface area contributed by atoms with Crippen LogP contribution in [0.3, 0.4) is 0 Å². The molecule has 0 aromatic heterocycles. The summed E-state index contributed by atoms with van der Waals surface area (Å²) >= 11 is 0. The molecule has 1 amide bonds. The van der Waals surface area contributed by atoms with Gasteiger partial charge in [0.15, 0.2) is 0 Å². The third kappa shape index (κ3) is 3.38. The normalized spacial score (nSPS) is 9.88. The van der Waals surface area contributed by atoms with Crippen LogP contribution >= 0.6 is 0 Å². The van der Waals surface area contributed by atoms with Gasteiger partial charge in [-0.05, 0) is 24.1 Å². The quantitative estimate of drug-likeness (QED) is 0.836. The zero-order valence-electron chi connectivity index (χ0n) is 9.43. The van der Waals surface area contributed by atoms with Gasteiger partial charge in [-0.2, -0.15) is 0 Å². The molecule has 0 spiro atoms. The molecule has 0 heterocycles. The molecule has 0 atom stereocenters. The zero-order chi connectivity index (χ0) is 12.1. The van der Waals surface area contributed by atoms with Gasteiger partial charge in [0.1, 0.15) is 0 Å². The topological polar surface area (TPSA) is 57.6 Å². The molecule has 16 heavy (non-hydrogen) atoms. The first-order chi connectivity index (χ1) is 7.50. The van der Waals surface area contributed by atoms with Crippen molar-refractivity contribution in [1.82, 2.24) is 4.90 Å². The maximum atomic E-state index is 11.3. The number of aryl methyl sites for hydroxylation is 1. The molecule has 0 fully saturated rings. The van der Waals surface area contributed by atoms with Gasteiger partial charge >= 0.3 is 5.97 Å². The summed E-state index contributed by atoms with van der Waals surface area (Å²) in [6, 6.07) is 6.59. The minimum absolute atomic E-state index is 0.0716. The van der Waals surface area contributed by atoms with Crippen LogP contribution in [0.15, 0.2) is 24.3 Å². The molecule has 0 saturated heterocycles. The van der Waals surface area contributed by atoms with E-state index in [1.807, 2.05) is 0 Å². The van der Waals surface area contributed by atoms with E-state index in [1.165, 1.54) is 0 Å². The summed E-state index contributed by atoms with van der Waals surface area (Å²) in [4.78, 5) is 23.5. The number of carbonyl (C=O) groups excluding carboxylic acids is 1. The number of rotatable bonds is 4. The fourth-order valence-corrected chi connectivity index (χ4v) is 1.29. The molecule has 0 radical (unpaired) electrons. The molecule has 0 unspecified atom stereocenters. The first kappa shape index (κ1) is 12.2. The van der Waals surface area contributed by atoms with E-state index in [0.717, 1.165) is 5.56 Å². The van der Waals surface area contributed by atoms with Crippen molar-refractivity contribution in [2.75, 3.05) is 14.1 Å². The van der Waals surface area contributed by atoms with Crippen LogP contribution in [0.4, 0.5) is 0 Å². The molecule has 4 nitrogen and oxygen atoms in total. The zero-order valence-corrected chi connectivity index (χ0v) is 9.43. The van der Waals surface area contributed by atoms with E-state index in [1.54, 1.807) is 43.3 Å². The predicted octanol–water partition coefficient (Wildman–Crippen LogP) is 1.41. The van der Waals surface area contributed by atoms with E-state index in [9.17, 15) is 9.59 Å². The van der Waals surface area contributed by atoms with Gasteiger partial charge in [-0.15, -0.1) is 0 Å². The summed E-state index contributed by atoms with van der Waals surface area (Å²) in [5.41, 5.74) is 1.24. The largest absolute Gasteiger partial charge is 0.478 e. The van der Waals surface area contributed by atoms with Crippen molar-refractivity contribution in [3.05, 3.63) is 35.4 Å². The Balaban J connectivity index is 2.56. The van der Waals surface area contributed by atoms with E-state index >= 15 is 0 Å². The Morgan fingerprint density at radius 3 is 2.19 bits per heavy atom. The third-order valence-electron chi connectivity index (χ3n) is 2.33. The number of aromatic carboxylic acids is 1. The van der Waals surface area contributed by atoms with Crippen LogP contribution in [0.2, 0.25) is 0 Å². The van der Waals surface area contributed by atoms with Crippen molar-refractivity contribution < 1.29 is 14.7 Å². The highest BCUT2D eigenvalue weighted by Crippen LogP contribution is 2.07. The highest BCUT2D eigenvalue weighted by molar-refractivity contribution is 5.87. The van der Waals surface area contributed by atoms with Gasteiger partial charge in [0, 0.05) is 20.5 Å². The lowest BCUT2D eigenvalue weighted by Gasteiger charge is -2.09. The summed E-state index contributed by atoms with van der Waals surface area (Å²) in [6.07, 6.45) is 1.08.